The van der Waals surface area contributed by atoms with E-state index in [9.17, 15) is 29.5 Å². The van der Waals surface area contributed by atoms with Crippen LogP contribution in [0.15, 0.2) is 11.1 Å². The number of carbonyl (C=O) groups excluding carboxylic acids is 1. The number of fused-ring (bicyclic) bond motifs is 1. The number of phosphoric ester groups is 1. The molecule has 0 aliphatic carbocycles. The molecule has 0 amide bonds. The number of carbonyl (C=O) groups is 1. The van der Waals surface area contributed by atoms with Crippen molar-refractivity contribution in [2.24, 2.45) is 5.92 Å². The number of hydrogen-bond donors (Lipinski definition) is 6. The molecule has 15 nitrogen and oxygen atoms in total. The zero-order valence-corrected chi connectivity index (χ0v) is 16.6. The van der Waals surface area contributed by atoms with Crippen LogP contribution in [0.25, 0.3) is 11.2 Å². The van der Waals surface area contributed by atoms with Crippen LogP contribution in [-0.2, 0) is 13.8 Å². The number of hydrogen-bond acceptors (Lipinski definition) is 11. The molecule has 3 heterocycles. The number of imidazole rings is 1. The summed E-state index contributed by atoms with van der Waals surface area (Å²) < 4.78 is 22.3. The summed E-state index contributed by atoms with van der Waals surface area (Å²) in [4.78, 5) is 50.7. The SMILES string of the molecule is CC(C)C(=O)n1c(N)nc2c(ncn2[C@@H]2O[C@H](CO)[C@](O)(OP(=O)(O)O)[C@H]2O)c1=O. The van der Waals surface area contributed by atoms with Crippen molar-refractivity contribution in [3.05, 3.63) is 16.7 Å². The lowest BCUT2D eigenvalue weighted by Gasteiger charge is -2.29. The number of anilines is 1. The number of aliphatic hydroxyl groups excluding tert-OH is 2. The average Bonchev–Trinajstić information content (AvgIpc) is 3.13. The summed E-state index contributed by atoms with van der Waals surface area (Å²) in [6.45, 7) is 2.12. The molecule has 1 aliphatic heterocycles. The molecule has 7 N–H and O–H groups in total. The second kappa shape index (κ2) is 7.47. The van der Waals surface area contributed by atoms with Crippen LogP contribution >= 0.6 is 7.82 Å². The third-order valence-corrected chi connectivity index (χ3v) is 5.03. The minimum Gasteiger partial charge on any atom is -0.393 e. The molecule has 1 saturated heterocycles. The number of rotatable bonds is 5. The van der Waals surface area contributed by atoms with Gasteiger partial charge in [0.1, 0.15) is 6.10 Å². The zero-order valence-electron chi connectivity index (χ0n) is 15.7. The molecule has 1 fully saturated rings. The molecule has 3 rings (SSSR count). The first-order chi connectivity index (χ1) is 13.8. The molecule has 166 valence electrons. The maximum Gasteiger partial charge on any atom is 0.472 e. The molecule has 0 saturated carbocycles. The van der Waals surface area contributed by atoms with E-state index < -0.39 is 62.0 Å². The minimum absolute atomic E-state index is 0.244. The van der Waals surface area contributed by atoms with Crippen molar-refractivity contribution in [2.45, 2.75) is 38.1 Å². The molecular formula is C14H20N5O10P. The Balaban J connectivity index is 2.11. The Bertz CT molecular complexity index is 1090. The summed E-state index contributed by atoms with van der Waals surface area (Å²) in [5, 5.41) is 30.3. The summed E-state index contributed by atoms with van der Waals surface area (Å²) >= 11 is 0. The Morgan fingerprint density at radius 1 is 1.47 bits per heavy atom. The standard InChI is InChI=1S/C14H20N5O10P/c1-5(2)10(22)19-11(23)7-9(17-13(19)15)18(4-16-7)12-8(21)14(24,6(3-20)28-12)29-30(25,26)27/h4-6,8,12,20-21,24H,3H2,1-2H3,(H2,15,17)(H2,25,26,27)/t6-,8+,12-,14+/m1/s1. The van der Waals surface area contributed by atoms with E-state index in [0.717, 1.165) is 10.9 Å². The number of phosphoric acid groups is 1. The summed E-state index contributed by atoms with van der Waals surface area (Å²) in [7, 11) is -5.31. The summed E-state index contributed by atoms with van der Waals surface area (Å²) in [5.41, 5.74) is 4.30. The number of nitrogens with two attached hydrogens (primary N) is 1. The van der Waals surface area contributed by atoms with E-state index >= 15 is 0 Å². The van der Waals surface area contributed by atoms with E-state index in [2.05, 4.69) is 14.5 Å². The first kappa shape index (κ1) is 22.5. The van der Waals surface area contributed by atoms with Gasteiger partial charge in [0.05, 0.1) is 12.9 Å². The third kappa shape index (κ3) is 3.55. The van der Waals surface area contributed by atoms with E-state index in [1.54, 1.807) is 13.8 Å². The van der Waals surface area contributed by atoms with Crippen LogP contribution < -0.4 is 11.3 Å². The smallest absolute Gasteiger partial charge is 0.393 e. The summed E-state index contributed by atoms with van der Waals surface area (Å²) in [6.07, 6.45) is -4.58. The monoisotopic (exact) mass is 449 g/mol. The predicted octanol–water partition coefficient (Wildman–Crippen LogP) is -2.48. The number of aromatic nitrogens is 4. The van der Waals surface area contributed by atoms with Gasteiger partial charge < -0.3 is 35.6 Å². The molecule has 2 aromatic heterocycles. The number of nitrogen functional groups attached to an aromatic ring is 1. The fourth-order valence-electron chi connectivity index (χ4n) is 3.07. The van der Waals surface area contributed by atoms with Gasteiger partial charge in [0.25, 0.3) is 5.56 Å². The highest BCUT2D eigenvalue weighted by Crippen LogP contribution is 2.48. The van der Waals surface area contributed by atoms with Crippen molar-refractivity contribution >= 4 is 30.8 Å². The van der Waals surface area contributed by atoms with Crippen molar-refractivity contribution < 1.29 is 43.7 Å². The van der Waals surface area contributed by atoms with Gasteiger partial charge in [-0.25, -0.2) is 18.6 Å². The molecule has 0 aromatic carbocycles. The highest BCUT2D eigenvalue weighted by atomic mass is 31.2. The molecule has 0 bridgehead atoms. The van der Waals surface area contributed by atoms with Crippen molar-refractivity contribution in [2.75, 3.05) is 12.3 Å². The van der Waals surface area contributed by atoms with Crippen LogP contribution in [0, 0.1) is 5.92 Å². The van der Waals surface area contributed by atoms with Crippen LogP contribution in [0.2, 0.25) is 0 Å². The highest BCUT2D eigenvalue weighted by molar-refractivity contribution is 7.46. The average molecular weight is 449 g/mol. The van der Waals surface area contributed by atoms with E-state index in [-0.39, 0.29) is 11.2 Å². The molecule has 30 heavy (non-hydrogen) atoms. The van der Waals surface area contributed by atoms with Gasteiger partial charge in [0.15, 0.2) is 23.5 Å². The lowest BCUT2D eigenvalue weighted by molar-refractivity contribution is -0.224. The molecule has 16 heteroatoms. The van der Waals surface area contributed by atoms with E-state index in [4.69, 9.17) is 20.3 Å². The molecule has 4 atom stereocenters. The normalized spacial score (nSPS) is 27.3. The van der Waals surface area contributed by atoms with Gasteiger partial charge in [-0.2, -0.15) is 4.98 Å². The van der Waals surface area contributed by atoms with Gasteiger partial charge in [-0.15, -0.1) is 0 Å². The number of nitrogens with zero attached hydrogens (tertiary/aromatic N) is 4. The lowest BCUT2D eigenvalue weighted by Crippen LogP contribution is -2.50. The van der Waals surface area contributed by atoms with Crippen molar-refractivity contribution in [3.63, 3.8) is 0 Å². The van der Waals surface area contributed by atoms with Crippen LogP contribution in [0.1, 0.15) is 24.9 Å². The first-order valence-electron chi connectivity index (χ1n) is 8.54. The Morgan fingerprint density at radius 3 is 2.63 bits per heavy atom. The molecule has 0 radical (unpaired) electrons. The molecule has 0 unspecified atom stereocenters. The Kier molecular flexibility index (Phi) is 5.59. The van der Waals surface area contributed by atoms with E-state index in [0.29, 0.717) is 4.57 Å². The fraction of sp³-hybridized carbons (Fsp3) is 0.571. The van der Waals surface area contributed by atoms with Crippen LogP contribution in [0.3, 0.4) is 0 Å². The van der Waals surface area contributed by atoms with Crippen LogP contribution in [0.4, 0.5) is 5.95 Å². The Morgan fingerprint density at radius 2 is 2.10 bits per heavy atom. The van der Waals surface area contributed by atoms with Crippen molar-refractivity contribution in [1.82, 2.24) is 19.1 Å². The van der Waals surface area contributed by atoms with Gasteiger partial charge >= 0.3 is 7.82 Å². The first-order valence-corrected chi connectivity index (χ1v) is 10.1. The third-order valence-electron chi connectivity index (χ3n) is 4.50. The highest BCUT2D eigenvalue weighted by Gasteiger charge is 2.60. The van der Waals surface area contributed by atoms with Crippen molar-refractivity contribution in [3.8, 4) is 0 Å². The topological polar surface area (TPSA) is 232 Å². The second-order valence-corrected chi connectivity index (χ2v) is 8.07. The van der Waals surface area contributed by atoms with Gasteiger partial charge in [-0.3, -0.25) is 14.2 Å². The van der Waals surface area contributed by atoms with Crippen LogP contribution in [0.5, 0.6) is 0 Å². The number of aliphatic hydroxyl groups is 3. The molecular weight excluding hydrogens is 429 g/mol. The van der Waals surface area contributed by atoms with Gasteiger partial charge in [0, 0.05) is 5.92 Å². The second-order valence-electron chi connectivity index (χ2n) is 6.90. The molecule has 0 spiro atoms. The maximum atomic E-state index is 12.7. The summed E-state index contributed by atoms with van der Waals surface area (Å²) in [5.74, 6) is -4.66. The largest absolute Gasteiger partial charge is 0.472 e. The quantitative estimate of drug-likeness (QED) is 0.205. The maximum absolute atomic E-state index is 12.7. The molecule has 2 aromatic rings. The predicted molar refractivity (Wildman–Crippen MR) is 96.7 cm³/mol. The lowest BCUT2D eigenvalue weighted by atomic mass is 10.1. The Labute approximate surface area is 167 Å². The van der Waals surface area contributed by atoms with Gasteiger partial charge in [-0.1, -0.05) is 13.8 Å². The van der Waals surface area contributed by atoms with Crippen LogP contribution in [-0.4, -0.2) is 74.7 Å². The van der Waals surface area contributed by atoms with E-state index in [1.807, 2.05) is 0 Å². The summed E-state index contributed by atoms with van der Waals surface area (Å²) in [6, 6.07) is 0. The molecule has 1 aliphatic rings. The fourth-order valence-corrected chi connectivity index (χ4v) is 3.68. The van der Waals surface area contributed by atoms with E-state index in [1.165, 1.54) is 0 Å². The zero-order chi connectivity index (χ0) is 22.6. The van der Waals surface area contributed by atoms with Crippen molar-refractivity contribution in [1.29, 1.82) is 0 Å². The Hall–Kier alpha value is -2.23. The minimum atomic E-state index is -5.31. The number of ether oxygens (including phenoxy) is 1. The van der Waals surface area contributed by atoms with Gasteiger partial charge in [0.2, 0.25) is 17.6 Å². The van der Waals surface area contributed by atoms with Gasteiger partial charge in [-0.05, 0) is 0 Å².